The first-order valence-electron chi connectivity index (χ1n) is 3.61. The molecule has 2 rings (SSSR count). The Morgan fingerprint density at radius 3 is 2.91 bits per heavy atom. The van der Waals surface area contributed by atoms with Gasteiger partial charge in [0.2, 0.25) is 0 Å². The van der Waals surface area contributed by atoms with Crippen LogP contribution in [-0.2, 0) is 14.3 Å². The number of esters is 1. The molecule has 1 aliphatic heterocycles. The maximum atomic E-state index is 10.7. The van der Waals surface area contributed by atoms with Crippen LogP contribution >= 0.6 is 0 Å². The summed E-state index contributed by atoms with van der Waals surface area (Å²) in [7, 11) is 0. The highest BCUT2D eigenvalue weighted by molar-refractivity contribution is 5.78. The van der Waals surface area contributed by atoms with Gasteiger partial charge in [0.1, 0.15) is 6.10 Å². The Hall–Kier alpha value is -1.06. The van der Waals surface area contributed by atoms with Crippen molar-refractivity contribution in [3.63, 3.8) is 0 Å². The molecular weight excluding hydrogens is 148 g/mol. The fraction of sp³-hybridized carbons (Fsp3) is 0.714. The van der Waals surface area contributed by atoms with Crippen LogP contribution in [0.5, 0.6) is 0 Å². The molecule has 0 aromatic heterocycles. The van der Waals surface area contributed by atoms with Crippen LogP contribution in [0.25, 0.3) is 0 Å². The molecule has 1 aliphatic carbocycles. The molecular formula is C7H8O4. The van der Waals surface area contributed by atoms with Crippen LogP contribution in [0.1, 0.15) is 12.8 Å². The second kappa shape index (κ2) is 1.96. The second-order valence-electron chi connectivity index (χ2n) is 3.08. The third kappa shape index (κ3) is 0.818. The highest BCUT2D eigenvalue weighted by Gasteiger charge is 2.52. The van der Waals surface area contributed by atoms with Crippen molar-refractivity contribution in [3.8, 4) is 0 Å². The average molecular weight is 156 g/mol. The Kier molecular flexibility index (Phi) is 1.19. The standard InChI is InChI=1S/C7H8O4/c8-6-2-3-4(7(9)10)1-5(3)11-6/h3-5H,1-2H2,(H,9,10)/t3-,4-,5+/m0/s1. The molecule has 0 amide bonds. The lowest BCUT2D eigenvalue weighted by atomic mass is 9.71. The molecule has 0 radical (unpaired) electrons. The topological polar surface area (TPSA) is 63.6 Å². The van der Waals surface area contributed by atoms with Crippen molar-refractivity contribution in [1.82, 2.24) is 0 Å². The summed E-state index contributed by atoms with van der Waals surface area (Å²) in [5.41, 5.74) is 0. The number of carbonyl (C=O) groups is 2. The molecule has 0 aromatic rings. The Morgan fingerprint density at radius 1 is 1.64 bits per heavy atom. The van der Waals surface area contributed by atoms with E-state index in [9.17, 15) is 9.59 Å². The highest BCUT2D eigenvalue weighted by atomic mass is 16.6. The summed E-state index contributed by atoms with van der Waals surface area (Å²) in [4.78, 5) is 21.1. The number of carbonyl (C=O) groups excluding carboxylic acids is 1. The number of fused-ring (bicyclic) bond motifs is 1. The van der Waals surface area contributed by atoms with Gasteiger partial charge in [0.15, 0.2) is 0 Å². The normalized spacial score (nSPS) is 40.7. The first-order valence-corrected chi connectivity index (χ1v) is 3.61. The first-order chi connectivity index (χ1) is 5.18. The van der Waals surface area contributed by atoms with E-state index in [1.54, 1.807) is 0 Å². The Balaban J connectivity index is 2.05. The number of carboxylic acid groups (broad SMARTS) is 1. The molecule has 4 heteroatoms. The summed E-state index contributed by atoms with van der Waals surface area (Å²) in [6, 6.07) is 0. The minimum atomic E-state index is -0.801. The van der Waals surface area contributed by atoms with Gasteiger partial charge in [0, 0.05) is 5.92 Å². The van der Waals surface area contributed by atoms with E-state index >= 15 is 0 Å². The third-order valence-corrected chi connectivity index (χ3v) is 2.48. The van der Waals surface area contributed by atoms with Crippen LogP contribution in [0, 0.1) is 11.8 Å². The van der Waals surface area contributed by atoms with Gasteiger partial charge in [-0.3, -0.25) is 9.59 Å². The predicted molar refractivity (Wildman–Crippen MR) is 33.7 cm³/mol. The molecule has 1 N–H and O–H groups in total. The molecule has 0 spiro atoms. The van der Waals surface area contributed by atoms with Gasteiger partial charge in [-0.1, -0.05) is 0 Å². The van der Waals surface area contributed by atoms with Gasteiger partial charge >= 0.3 is 11.9 Å². The molecule has 1 heterocycles. The Bertz CT molecular complexity index is 222. The fourth-order valence-electron chi connectivity index (χ4n) is 1.77. The Labute approximate surface area is 63.1 Å². The molecule has 1 saturated heterocycles. The predicted octanol–water partition coefficient (Wildman–Crippen LogP) is 0.0226. The monoisotopic (exact) mass is 156 g/mol. The van der Waals surface area contributed by atoms with E-state index < -0.39 is 5.97 Å². The summed E-state index contributed by atoms with van der Waals surface area (Å²) >= 11 is 0. The SMILES string of the molecule is O=C1C[C@H]2[C@@H](C(=O)O)C[C@H]2O1. The minimum absolute atomic E-state index is 0.0417. The van der Waals surface area contributed by atoms with Gasteiger partial charge in [-0.25, -0.2) is 0 Å². The van der Waals surface area contributed by atoms with Crippen molar-refractivity contribution < 1.29 is 19.4 Å². The van der Waals surface area contributed by atoms with Crippen molar-refractivity contribution in [2.24, 2.45) is 11.8 Å². The largest absolute Gasteiger partial charge is 0.481 e. The van der Waals surface area contributed by atoms with E-state index in [2.05, 4.69) is 0 Å². The Morgan fingerprint density at radius 2 is 2.36 bits per heavy atom. The lowest BCUT2D eigenvalue weighted by Crippen LogP contribution is -2.42. The van der Waals surface area contributed by atoms with Crippen LogP contribution < -0.4 is 0 Å². The fourth-order valence-corrected chi connectivity index (χ4v) is 1.77. The number of rotatable bonds is 1. The summed E-state index contributed by atoms with van der Waals surface area (Å²) in [5.74, 6) is -1.43. The summed E-state index contributed by atoms with van der Waals surface area (Å²) < 4.78 is 4.84. The lowest BCUT2D eigenvalue weighted by molar-refractivity contribution is -0.157. The molecule has 2 fully saturated rings. The molecule has 0 bridgehead atoms. The van der Waals surface area contributed by atoms with E-state index in [0.29, 0.717) is 12.8 Å². The van der Waals surface area contributed by atoms with E-state index in [1.807, 2.05) is 0 Å². The molecule has 11 heavy (non-hydrogen) atoms. The second-order valence-corrected chi connectivity index (χ2v) is 3.08. The molecule has 0 aromatic carbocycles. The van der Waals surface area contributed by atoms with Crippen molar-refractivity contribution in [1.29, 1.82) is 0 Å². The van der Waals surface area contributed by atoms with Gasteiger partial charge in [-0.2, -0.15) is 0 Å². The first kappa shape index (κ1) is 6.64. The summed E-state index contributed by atoms with van der Waals surface area (Å²) in [6.07, 6.45) is 0.705. The van der Waals surface area contributed by atoms with Crippen LogP contribution in [0.15, 0.2) is 0 Å². The lowest BCUT2D eigenvalue weighted by Gasteiger charge is -2.34. The maximum Gasteiger partial charge on any atom is 0.307 e. The smallest absolute Gasteiger partial charge is 0.307 e. The van der Waals surface area contributed by atoms with Gasteiger partial charge in [-0.15, -0.1) is 0 Å². The number of carboxylic acids is 1. The van der Waals surface area contributed by atoms with Crippen LogP contribution in [0.3, 0.4) is 0 Å². The molecule has 1 saturated carbocycles. The van der Waals surface area contributed by atoms with Crippen LogP contribution in [0.4, 0.5) is 0 Å². The molecule has 2 aliphatic rings. The zero-order chi connectivity index (χ0) is 8.01. The highest BCUT2D eigenvalue weighted by Crippen LogP contribution is 2.44. The molecule has 4 nitrogen and oxygen atoms in total. The van der Waals surface area contributed by atoms with Gasteiger partial charge in [0.05, 0.1) is 12.3 Å². The van der Waals surface area contributed by atoms with Gasteiger partial charge in [-0.05, 0) is 6.42 Å². The van der Waals surface area contributed by atoms with E-state index in [0.717, 1.165) is 0 Å². The third-order valence-electron chi connectivity index (χ3n) is 2.48. The van der Waals surface area contributed by atoms with Crippen molar-refractivity contribution >= 4 is 11.9 Å². The van der Waals surface area contributed by atoms with E-state index in [-0.39, 0.29) is 23.9 Å². The van der Waals surface area contributed by atoms with Gasteiger partial charge in [0.25, 0.3) is 0 Å². The van der Waals surface area contributed by atoms with Crippen molar-refractivity contribution in [2.45, 2.75) is 18.9 Å². The van der Waals surface area contributed by atoms with Crippen molar-refractivity contribution in [3.05, 3.63) is 0 Å². The van der Waals surface area contributed by atoms with Gasteiger partial charge < -0.3 is 9.84 Å². The number of hydrogen-bond acceptors (Lipinski definition) is 3. The zero-order valence-electron chi connectivity index (χ0n) is 5.82. The minimum Gasteiger partial charge on any atom is -0.481 e. The van der Waals surface area contributed by atoms with Crippen LogP contribution in [-0.4, -0.2) is 23.1 Å². The van der Waals surface area contributed by atoms with Crippen LogP contribution in [0.2, 0.25) is 0 Å². The van der Waals surface area contributed by atoms with E-state index in [1.165, 1.54) is 0 Å². The average Bonchev–Trinajstić information content (AvgIpc) is 2.13. The molecule has 3 atom stereocenters. The zero-order valence-corrected chi connectivity index (χ0v) is 5.82. The number of aliphatic carboxylic acids is 1. The number of ether oxygens (including phenoxy) is 1. The summed E-state index contributed by atoms with van der Waals surface area (Å²) in [6.45, 7) is 0. The molecule has 60 valence electrons. The van der Waals surface area contributed by atoms with Crippen molar-refractivity contribution in [2.75, 3.05) is 0 Å². The maximum absolute atomic E-state index is 10.7. The molecule has 0 unspecified atom stereocenters. The quantitative estimate of drug-likeness (QED) is 0.544. The van der Waals surface area contributed by atoms with E-state index in [4.69, 9.17) is 9.84 Å². The summed E-state index contributed by atoms with van der Waals surface area (Å²) in [5, 5.41) is 8.60. The number of hydrogen-bond donors (Lipinski definition) is 1.